The Morgan fingerprint density at radius 2 is 2.16 bits per heavy atom. The van der Waals surface area contributed by atoms with Gasteiger partial charge < -0.3 is 9.64 Å². The largest absolute Gasteiger partial charge is 0.383 e. The van der Waals surface area contributed by atoms with Crippen LogP contribution in [0.15, 0.2) is 18.2 Å². The molecule has 0 fully saturated rings. The lowest BCUT2D eigenvalue weighted by molar-refractivity contribution is 0.0694. The maximum Gasteiger partial charge on any atom is 0.257 e. The van der Waals surface area contributed by atoms with Crippen LogP contribution < -0.4 is 0 Å². The molecule has 0 radical (unpaired) electrons. The monoisotopic (exact) mass is 268 g/mol. The van der Waals surface area contributed by atoms with Gasteiger partial charge in [0.05, 0.1) is 24.7 Å². The summed E-state index contributed by atoms with van der Waals surface area (Å²) >= 11 is 0. The molecule has 4 nitrogen and oxygen atoms in total. The summed E-state index contributed by atoms with van der Waals surface area (Å²) in [5, 5.41) is 8.54. The van der Waals surface area contributed by atoms with Crippen LogP contribution in [0.5, 0.6) is 0 Å². The smallest absolute Gasteiger partial charge is 0.257 e. The van der Waals surface area contributed by atoms with E-state index in [1.165, 1.54) is 12.0 Å². The summed E-state index contributed by atoms with van der Waals surface area (Å²) in [6.07, 6.45) is 0.117. The van der Waals surface area contributed by atoms with Gasteiger partial charge in [0.25, 0.3) is 5.91 Å². The number of methoxy groups -OCH3 is 1. The fourth-order valence-electron chi connectivity index (χ4n) is 1.53. The summed E-state index contributed by atoms with van der Waals surface area (Å²) in [6.45, 7) is 0.621. The van der Waals surface area contributed by atoms with Crippen LogP contribution in [-0.4, -0.2) is 37.6 Å². The second kappa shape index (κ2) is 7.44. The third-order valence-corrected chi connectivity index (χ3v) is 2.50. The molecule has 0 spiro atoms. The molecule has 0 N–H and O–H groups in total. The minimum absolute atomic E-state index is 0.117. The summed E-state index contributed by atoms with van der Waals surface area (Å²) in [5.41, 5.74) is -0.339. The maximum absolute atomic E-state index is 13.5. The molecule has 0 aliphatic rings. The molecule has 6 heteroatoms. The van der Waals surface area contributed by atoms with Gasteiger partial charge in [0, 0.05) is 20.2 Å². The Morgan fingerprint density at radius 3 is 2.79 bits per heavy atom. The van der Waals surface area contributed by atoms with E-state index in [1.807, 2.05) is 6.07 Å². The molecule has 0 aromatic heterocycles. The predicted molar refractivity (Wildman–Crippen MR) is 64.4 cm³/mol. The highest BCUT2D eigenvalue weighted by Gasteiger charge is 2.19. The van der Waals surface area contributed by atoms with Crippen molar-refractivity contribution in [3.05, 3.63) is 35.4 Å². The second-order valence-corrected chi connectivity index (χ2v) is 3.82. The number of nitrogens with zero attached hydrogens (tertiary/aromatic N) is 2. The Bertz CT molecular complexity index is 486. The molecule has 102 valence electrons. The normalized spacial score (nSPS) is 10.0. The molecule has 1 aromatic carbocycles. The van der Waals surface area contributed by atoms with E-state index in [4.69, 9.17) is 10.00 Å². The van der Waals surface area contributed by atoms with Crippen LogP contribution in [0, 0.1) is 23.0 Å². The highest BCUT2D eigenvalue weighted by Crippen LogP contribution is 2.13. The van der Waals surface area contributed by atoms with Gasteiger partial charge >= 0.3 is 0 Å². The predicted octanol–water partition coefficient (Wildman–Crippen LogP) is 1.97. The maximum atomic E-state index is 13.5. The molecule has 0 atom stereocenters. The van der Waals surface area contributed by atoms with Gasteiger partial charge in [0.15, 0.2) is 0 Å². The van der Waals surface area contributed by atoms with Crippen LogP contribution in [0.3, 0.4) is 0 Å². The molecule has 1 rings (SSSR count). The number of hydrogen-bond acceptors (Lipinski definition) is 3. The fraction of sp³-hybridized carbons (Fsp3) is 0.385. The summed E-state index contributed by atoms with van der Waals surface area (Å²) in [5.74, 6) is -2.12. The van der Waals surface area contributed by atoms with Crippen molar-refractivity contribution in [1.82, 2.24) is 4.90 Å². The molecule has 1 amide bonds. The number of hydrogen-bond donors (Lipinski definition) is 0. The zero-order chi connectivity index (χ0) is 14.3. The van der Waals surface area contributed by atoms with Crippen LogP contribution in [0.2, 0.25) is 0 Å². The van der Waals surface area contributed by atoms with Gasteiger partial charge in [-0.1, -0.05) is 0 Å². The van der Waals surface area contributed by atoms with Gasteiger partial charge in [0.1, 0.15) is 11.6 Å². The third kappa shape index (κ3) is 4.30. The number of amides is 1. The van der Waals surface area contributed by atoms with E-state index >= 15 is 0 Å². The minimum atomic E-state index is -0.786. The summed E-state index contributed by atoms with van der Waals surface area (Å²) < 4.78 is 31.4. The van der Waals surface area contributed by atoms with Crippen molar-refractivity contribution in [3.63, 3.8) is 0 Å². The van der Waals surface area contributed by atoms with Gasteiger partial charge in [-0.15, -0.1) is 0 Å². The number of benzene rings is 1. The van der Waals surface area contributed by atoms with E-state index in [9.17, 15) is 13.6 Å². The van der Waals surface area contributed by atoms with Gasteiger partial charge in [0.2, 0.25) is 0 Å². The van der Waals surface area contributed by atoms with Crippen LogP contribution >= 0.6 is 0 Å². The lowest BCUT2D eigenvalue weighted by atomic mass is 10.1. The van der Waals surface area contributed by atoms with E-state index < -0.39 is 17.5 Å². The first-order valence-corrected chi connectivity index (χ1v) is 5.70. The Labute approximate surface area is 110 Å². The summed E-state index contributed by atoms with van der Waals surface area (Å²) in [4.78, 5) is 13.4. The minimum Gasteiger partial charge on any atom is -0.383 e. The number of carbonyl (C=O) groups is 1. The molecular formula is C13H14F2N2O2. The van der Waals surface area contributed by atoms with Crippen molar-refractivity contribution in [2.24, 2.45) is 0 Å². The average Bonchev–Trinajstić information content (AvgIpc) is 2.41. The molecule has 0 aliphatic carbocycles. The molecule has 0 saturated heterocycles. The number of carbonyl (C=O) groups excluding carboxylic acids is 1. The van der Waals surface area contributed by atoms with E-state index in [1.54, 1.807) is 0 Å². The van der Waals surface area contributed by atoms with Gasteiger partial charge in [-0.2, -0.15) is 5.26 Å². The molecule has 0 saturated carbocycles. The lowest BCUT2D eigenvalue weighted by Gasteiger charge is -2.21. The SMILES string of the molecule is COCCN(CCC#N)C(=O)c1cc(F)ccc1F. The molecule has 0 bridgehead atoms. The van der Waals surface area contributed by atoms with Crippen LogP contribution in [-0.2, 0) is 4.74 Å². The number of nitriles is 1. The zero-order valence-corrected chi connectivity index (χ0v) is 10.5. The number of ether oxygens (including phenoxy) is 1. The molecule has 0 aliphatic heterocycles. The second-order valence-electron chi connectivity index (χ2n) is 3.82. The molecule has 19 heavy (non-hydrogen) atoms. The highest BCUT2D eigenvalue weighted by atomic mass is 19.1. The van der Waals surface area contributed by atoms with Crippen LogP contribution in [0.25, 0.3) is 0 Å². The summed E-state index contributed by atoms with van der Waals surface area (Å²) in [6, 6.07) is 4.60. The first kappa shape index (κ1) is 15.1. The van der Waals surface area contributed by atoms with E-state index in [-0.39, 0.29) is 31.7 Å². The first-order valence-electron chi connectivity index (χ1n) is 5.70. The van der Waals surface area contributed by atoms with Crippen molar-refractivity contribution in [2.45, 2.75) is 6.42 Å². The quantitative estimate of drug-likeness (QED) is 0.792. The van der Waals surface area contributed by atoms with Crippen molar-refractivity contribution < 1.29 is 18.3 Å². The Balaban J connectivity index is 2.91. The lowest BCUT2D eigenvalue weighted by Crippen LogP contribution is -2.35. The Kier molecular flexibility index (Phi) is 5.90. The van der Waals surface area contributed by atoms with Gasteiger partial charge in [-0.25, -0.2) is 8.78 Å². The standard InChI is InChI=1S/C13H14F2N2O2/c1-19-8-7-17(6-2-5-16)13(18)11-9-10(14)3-4-12(11)15/h3-4,9H,2,6-8H2,1H3. The number of rotatable bonds is 6. The van der Waals surface area contributed by atoms with Crippen molar-refractivity contribution in [1.29, 1.82) is 5.26 Å². The van der Waals surface area contributed by atoms with Gasteiger partial charge in [-0.05, 0) is 18.2 Å². The Hall–Kier alpha value is -2.00. The third-order valence-electron chi connectivity index (χ3n) is 2.50. The Morgan fingerprint density at radius 1 is 1.42 bits per heavy atom. The topological polar surface area (TPSA) is 53.3 Å². The highest BCUT2D eigenvalue weighted by molar-refractivity contribution is 5.94. The van der Waals surface area contributed by atoms with Crippen molar-refractivity contribution in [3.8, 4) is 6.07 Å². The van der Waals surface area contributed by atoms with Crippen molar-refractivity contribution in [2.75, 3.05) is 26.8 Å². The van der Waals surface area contributed by atoms with E-state index in [2.05, 4.69) is 0 Å². The van der Waals surface area contributed by atoms with E-state index in [0.29, 0.717) is 0 Å². The molecule has 1 aromatic rings. The average molecular weight is 268 g/mol. The van der Waals surface area contributed by atoms with Gasteiger partial charge in [-0.3, -0.25) is 4.79 Å². The molecular weight excluding hydrogens is 254 g/mol. The number of halogens is 2. The summed E-state index contributed by atoms with van der Waals surface area (Å²) in [7, 11) is 1.47. The molecule has 0 heterocycles. The van der Waals surface area contributed by atoms with E-state index in [0.717, 1.165) is 18.2 Å². The first-order chi connectivity index (χ1) is 9.10. The van der Waals surface area contributed by atoms with Crippen LogP contribution in [0.4, 0.5) is 8.78 Å². The molecule has 0 unspecified atom stereocenters. The zero-order valence-electron chi connectivity index (χ0n) is 10.5. The van der Waals surface area contributed by atoms with Crippen molar-refractivity contribution >= 4 is 5.91 Å². The fourth-order valence-corrected chi connectivity index (χ4v) is 1.53. The van der Waals surface area contributed by atoms with Crippen LogP contribution in [0.1, 0.15) is 16.8 Å².